The van der Waals surface area contributed by atoms with E-state index in [9.17, 15) is 0 Å². The molecule has 0 aliphatic carbocycles. The van der Waals surface area contributed by atoms with Crippen LogP contribution in [-0.2, 0) is 4.74 Å². The van der Waals surface area contributed by atoms with Gasteiger partial charge in [0, 0.05) is 13.3 Å². The Kier molecular flexibility index (Phi) is 3.35. The lowest BCUT2D eigenvalue weighted by Gasteiger charge is -2.06. The Morgan fingerprint density at radius 1 is 1.50 bits per heavy atom. The fourth-order valence-electron chi connectivity index (χ4n) is 0.746. The second-order valence-electron chi connectivity index (χ2n) is 2.25. The number of ether oxygens (including phenoxy) is 2. The highest BCUT2D eigenvalue weighted by atomic mass is 16.5. The SMILES string of the molecule is COCCOc1cnccc1N. The van der Waals surface area contributed by atoms with Crippen molar-refractivity contribution in [2.75, 3.05) is 26.1 Å². The molecule has 0 aliphatic heterocycles. The maximum absolute atomic E-state index is 5.60. The number of hydrogen-bond acceptors (Lipinski definition) is 4. The summed E-state index contributed by atoms with van der Waals surface area (Å²) in [5.74, 6) is 0.606. The lowest BCUT2D eigenvalue weighted by atomic mass is 10.4. The number of hydrogen-bond donors (Lipinski definition) is 1. The van der Waals surface area contributed by atoms with Crippen molar-refractivity contribution in [3.8, 4) is 5.75 Å². The molecule has 4 heteroatoms. The average molecular weight is 168 g/mol. The fraction of sp³-hybridized carbons (Fsp3) is 0.375. The summed E-state index contributed by atoms with van der Waals surface area (Å²) in [4.78, 5) is 3.88. The van der Waals surface area contributed by atoms with Gasteiger partial charge in [0.25, 0.3) is 0 Å². The molecule has 66 valence electrons. The number of nitrogens with zero attached hydrogens (tertiary/aromatic N) is 1. The van der Waals surface area contributed by atoms with Crippen molar-refractivity contribution in [1.82, 2.24) is 4.98 Å². The molecule has 2 N–H and O–H groups in total. The number of pyridine rings is 1. The van der Waals surface area contributed by atoms with Crippen LogP contribution in [0.2, 0.25) is 0 Å². The molecule has 0 atom stereocenters. The Bertz CT molecular complexity index is 240. The van der Waals surface area contributed by atoms with E-state index >= 15 is 0 Å². The van der Waals surface area contributed by atoms with Gasteiger partial charge in [0.05, 0.1) is 18.5 Å². The molecule has 1 heterocycles. The van der Waals surface area contributed by atoms with Crippen LogP contribution in [0, 0.1) is 0 Å². The average Bonchev–Trinajstić information content (AvgIpc) is 2.09. The molecule has 0 fully saturated rings. The topological polar surface area (TPSA) is 57.4 Å². The van der Waals surface area contributed by atoms with Gasteiger partial charge in [-0.1, -0.05) is 0 Å². The van der Waals surface area contributed by atoms with Crippen LogP contribution in [0.15, 0.2) is 18.5 Å². The molecule has 0 saturated heterocycles. The van der Waals surface area contributed by atoms with Crippen LogP contribution in [0.5, 0.6) is 5.75 Å². The van der Waals surface area contributed by atoms with E-state index in [0.717, 1.165) is 0 Å². The molecule has 0 aromatic carbocycles. The van der Waals surface area contributed by atoms with E-state index in [1.54, 1.807) is 25.6 Å². The van der Waals surface area contributed by atoms with E-state index in [4.69, 9.17) is 15.2 Å². The minimum Gasteiger partial charge on any atom is -0.487 e. The minimum atomic E-state index is 0.492. The fourth-order valence-corrected chi connectivity index (χ4v) is 0.746. The monoisotopic (exact) mass is 168 g/mol. The zero-order valence-electron chi connectivity index (χ0n) is 6.99. The zero-order chi connectivity index (χ0) is 8.81. The first-order valence-corrected chi connectivity index (χ1v) is 3.66. The number of anilines is 1. The molecule has 0 amide bonds. The van der Waals surface area contributed by atoms with Gasteiger partial charge in [-0.05, 0) is 6.07 Å². The molecule has 0 spiro atoms. The third-order valence-electron chi connectivity index (χ3n) is 1.36. The van der Waals surface area contributed by atoms with Crippen LogP contribution in [0.25, 0.3) is 0 Å². The molecule has 0 saturated carbocycles. The van der Waals surface area contributed by atoms with Crippen molar-refractivity contribution in [3.63, 3.8) is 0 Å². The Balaban J connectivity index is 2.46. The minimum absolute atomic E-state index is 0.492. The summed E-state index contributed by atoms with van der Waals surface area (Å²) < 4.78 is 10.1. The Hall–Kier alpha value is -1.29. The van der Waals surface area contributed by atoms with Gasteiger partial charge < -0.3 is 15.2 Å². The van der Waals surface area contributed by atoms with Crippen molar-refractivity contribution in [2.24, 2.45) is 0 Å². The number of rotatable bonds is 4. The quantitative estimate of drug-likeness (QED) is 0.672. The normalized spacial score (nSPS) is 9.75. The van der Waals surface area contributed by atoms with Gasteiger partial charge in [0.2, 0.25) is 0 Å². The van der Waals surface area contributed by atoms with E-state index in [0.29, 0.717) is 24.7 Å². The van der Waals surface area contributed by atoms with Gasteiger partial charge in [-0.25, -0.2) is 0 Å². The van der Waals surface area contributed by atoms with E-state index < -0.39 is 0 Å². The van der Waals surface area contributed by atoms with Crippen LogP contribution in [0.4, 0.5) is 5.69 Å². The van der Waals surface area contributed by atoms with Gasteiger partial charge in [-0.2, -0.15) is 0 Å². The standard InChI is InChI=1S/C8H12N2O2/c1-11-4-5-12-8-6-10-3-2-7(8)9/h2-3,6H,4-5H2,1H3,(H2,9,10). The predicted molar refractivity (Wildman–Crippen MR) is 46.0 cm³/mol. The van der Waals surface area contributed by atoms with Gasteiger partial charge in [-0.15, -0.1) is 0 Å². The van der Waals surface area contributed by atoms with Gasteiger partial charge in [-0.3, -0.25) is 4.98 Å². The van der Waals surface area contributed by atoms with Crippen LogP contribution >= 0.6 is 0 Å². The highest BCUT2D eigenvalue weighted by molar-refractivity contribution is 5.49. The summed E-state index contributed by atoms with van der Waals surface area (Å²) in [5, 5.41) is 0. The second kappa shape index (κ2) is 4.56. The number of nitrogens with two attached hydrogens (primary N) is 1. The predicted octanol–water partition coefficient (Wildman–Crippen LogP) is 0.689. The highest BCUT2D eigenvalue weighted by Crippen LogP contribution is 2.17. The Morgan fingerprint density at radius 3 is 3.00 bits per heavy atom. The van der Waals surface area contributed by atoms with Crippen molar-refractivity contribution in [3.05, 3.63) is 18.5 Å². The van der Waals surface area contributed by atoms with Crippen molar-refractivity contribution < 1.29 is 9.47 Å². The molecule has 1 aromatic rings. The second-order valence-corrected chi connectivity index (χ2v) is 2.25. The third kappa shape index (κ3) is 2.39. The number of methoxy groups -OCH3 is 1. The van der Waals surface area contributed by atoms with E-state index in [1.807, 2.05) is 0 Å². The van der Waals surface area contributed by atoms with E-state index in [2.05, 4.69) is 4.98 Å². The molecule has 4 nitrogen and oxygen atoms in total. The number of nitrogen functional groups attached to an aromatic ring is 1. The van der Waals surface area contributed by atoms with E-state index in [1.165, 1.54) is 0 Å². The molecule has 0 bridgehead atoms. The zero-order valence-corrected chi connectivity index (χ0v) is 6.99. The molecule has 1 aromatic heterocycles. The maximum atomic E-state index is 5.60. The largest absolute Gasteiger partial charge is 0.487 e. The van der Waals surface area contributed by atoms with Crippen LogP contribution < -0.4 is 10.5 Å². The molecular formula is C8H12N2O2. The van der Waals surface area contributed by atoms with Gasteiger partial charge in [0.15, 0.2) is 5.75 Å². The first-order chi connectivity index (χ1) is 5.84. The third-order valence-corrected chi connectivity index (χ3v) is 1.36. The summed E-state index contributed by atoms with van der Waals surface area (Å²) in [6.45, 7) is 1.04. The Morgan fingerprint density at radius 2 is 2.33 bits per heavy atom. The summed E-state index contributed by atoms with van der Waals surface area (Å²) >= 11 is 0. The Labute approximate surface area is 71.3 Å². The maximum Gasteiger partial charge on any atom is 0.160 e. The summed E-state index contributed by atoms with van der Waals surface area (Å²) in [6.07, 6.45) is 3.21. The molecule has 0 unspecified atom stereocenters. The van der Waals surface area contributed by atoms with Gasteiger partial charge in [0.1, 0.15) is 6.61 Å². The van der Waals surface area contributed by atoms with Crippen molar-refractivity contribution >= 4 is 5.69 Å². The summed E-state index contributed by atoms with van der Waals surface area (Å²) in [6, 6.07) is 1.70. The molecular weight excluding hydrogens is 156 g/mol. The summed E-state index contributed by atoms with van der Waals surface area (Å²) in [5.41, 5.74) is 6.20. The first-order valence-electron chi connectivity index (χ1n) is 3.66. The van der Waals surface area contributed by atoms with E-state index in [-0.39, 0.29) is 0 Å². The van der Waals surface area contributed by atoms with Crippen LogP contribution in [0.3, 0.4) is 0 Å². The smallest absolute Gasteiger partial charge is 0.160 e. The lowest BCUT2D eigenvalue weighted by Crippen LogP contribution is -2.05. The summed E-state index contributed by atoms with van der Waals surface area (Å²) in [7, 11) is 1.62. The number of aromatic nitrogens is 1. The molecule has 0 radical (unpaired) electrons. The lowest BCUT2D eigenvalue weighted by molar-refractivity contribution is 0.146. The molecule has 0 aliphatic rings. The van der Waals surface area contributed by atoms with Crippen molar-refractivity contribution in [2.45, 2.75) is 0 Å². The van der Waals surface area contributed by atoms with Crippen LogP contribution in [-0.4, -0.2) is 25.3 Å². The van der Waals surface area contributed by atoms with Crippen molar-refractivity contribution in [1.29, 1.82) is 0 Å². The molecule has 12 heavy (non-hydrogen) atoms. The van der Waals surface area contributed by atoms with Gasteiger partial charge >= 0.3 is 0 Å². The highest BCUT2D eigenvalue weighted by Gasteiger charge is 1.97. The van der Waals surface area contributed by atoms with Crippen LogP contribution in [0.1, 0.15) is 0 Å². The molecule has 1 rings (SSSR count). The first kappa shape index (κ1) is 8.80.